The van der Waals surface area contributed by atoms with Crippen LogP contribution in [0.3, 0.4) is 0 Å². The fourth-order valence-electron chi connectivity index (χ4n) is 3.10. The van der Waals surface area contributed by atoms with Crippen LogP contribution in [0.5, 0.6) is 0 Å². The van der Waals surface area contributed by atoms with Gasteiger partial charge in [0.1, 0.15) is 17.6 Å². The summed E-state index contributed by atoms with van der Waals surface area (Å²) >= 11 is 0. The highest BCUT2D eigenvalue weighted by Crippen LogP contribution is 2.39. The van der Waals surface area contributed by atoms with Crippen LogP contribution in [0.25, 0.3) is 0 Å². The Morgan fingerprint density at radius 2 is 1.80 bits per heavy atom. The summed E-state index contributed by atoms with van der Waals surface area (Å²) in [5.74, 6) is -1.07. The van der Waals surface area contributed by atoms with Crippen molar-refractivity contribution in [3.63, 3.8) is 0 Å². The van der Waals surface area contributed by atoms with Crippen LogP contribution in [0.4, 0.5) is 13.2 Å². The maximum absolute atomic E-state index is 12.8. The molecule has 1 unspecified atom stereocenters. The number of nitrogens with one attached hydrogen (secondary N) is 1. The van der Waals surface area contributed by atoms with Crippen LogP contribution in [-0.2, 0) is 9.59 Å². The second-order valence-electron chi connectivity index (χ2n) is 5.88. The summed E-state index contributed by atoms with van der Waals surface area (Å²) in [5.41, 5.74) is -2.54. The maximum Gasteiger partial charge on any atom is 0.406 e. The van der Waals surface area contributed by atoms with E-state index in [1.165, 1.54) is 6.92 Å². The van der Waals surface area contributed by atoms with E-state index in [0.29, 0.717) is 12.8 Å². The van der Waals surface area contributed by atoms with Gasteiger partial charge in [0.15, 0.2) is 0 Å². The van der Waals surface area contributed by atoms with Gasteiger partial charge in [0.05, 0.1) is 0 Å². The fraction of sp³-hybridized carbons (Fsp3) is 0.846. The fourth-order valence-corrected chi connectivity index (χ4v) is 3.10. The van der Waals surface area contributed by atoms with Gasteiger partial charge in [-0.25, -0.2) is 0 Å². The van der Waals surface area contributed by atoms with Crippen molar-refractivity contribution in [2.75, 3.05) is 6.54 Å². The van der Waals surface area contributed by atoms with Crippen LogP contribution in [-0.4, -0.2) is 40.5 Å². The SMILES string of the molecule is CCC1(C)C(=O)NC2(CCCC2)C(=O)N1CC(F)(F)F. The Morgan fingerprint density at radius 1 is 1.25 bits per heavy atom. The van der Waals surface area contributed by atoms with Crippen molar-refractivity contribution >= 4 is 11.8 Å². The Kier molecular flexibility index (Phi) is 3.50. The van der Waals surface area contributed by atoms with Crippen LogP contribution in [0.15, 0.2) is 0 Å². The molecule has 0 radical (unpaired) electrons. The largest absolute Gasteiger partial charge is 0.406 e. The Bertz CT molecular complexity index is 430. The van der Waals surface area contributed by atoms with Crippen LogP contribution in [0.1, 0.15) is 46.0 Å². The molecular weight excluding hydrogens is 273 g/mol. The summed E-state index contributed by atoms with van der Waals surface area (Å²) in [6.07, 6.45) is -2.03. The highest BCUT2D eigenvalue weighted by molar-refractivity contribution is 6.02. The van der Waals surface area contributed by atoms with Gasteiger partial charge in [-0.2, -0.15) is 13.2 Å². The maximum atomic E-state index is 12.8. The first kappa shape index (κ1) is 15.1. The molecule has 0 aromatic heterocycles. The van der Waals surface area contributed by atoms with Gasteiger partial charge in [0.2, 0.25) is 11.8 Å². The third-order valence-electron chi connectivity index (χ3n) is 4.58. The summed E-state index contributed by atoms with van der Waals surface area (Å²) in [5, 5.41) is 2.70. The predicted molar refractivity (Wildman–Crippen MR) is 65.8 cm³/mol. The number of hydrogen-bond acceptors (Lipinski definition) is 2. The van der Waals surface area contributed by atoms with Gasteiger partial charge in [-0.15, -0.1) is 0 Å². The van der Waals surface area contributed by atoms with E-state index in [1.54, 1.807) is 6.92 Å². The number of alkyl halides is 3. The molecule has 20 heavy (non-hydrogen) atoms. The van der Waals surface area contributed by atoms with E-state index in [9.17, 15) is 22.8 Å². The Morgan fingerprint density at radius 3 is 2.25 bits per heavy atom. The molecule has 2 aliphatic rings. The van der Waals surface area contributed by atoms with Crippen molar-refractivity contribution in [2.45, 2.75) is 63.2 Å². The van der Waals surface area contributed by atoms with E-state index in [4.69, 9.17) is 0 Å². The molecule has 4 nitrogen and oxygen atoms in total. The highest BCUT2D eigenvalue weighted by atomic mass is 19.4. The lowest BCUT2D eigenvalue weighted by molar-refractivity contribution is -0.186. The summed E-state index contributed by atoms with van der Waals surface area (Å²) in [4.78, 5) is 25.6. The molecule has 1 aliphatic carbocycles. The number of rotatable bonds is 2. The minimum absolute atomic E-state index is 0.150. The van der Waals surface area contributed by atoms with Crippen LogP contribution >= 0.6 is 0 Å². The molecule has 114 valence electrons. The van der Waals surface area contributed by atoms with Gasteiger partial charge in [-0.3, -0.25) is 9.59 Å². The molecule has 1 heterocycles. The van der Waals surface area contributed by atoms with E-state index in [-0.39, 0.29) is 6.42 Å². The van der Waals surface area contributed by atoms with Crippen LogP contribution in [0.2, 0.25) is 0 Å². The normalized spacial score (nSPS) is 29.9. The van der Waals surface area contributed by atoms with Crippen LogP contribution < -0.4 is 5.32 Å². The number of carbonyl (C=O) groups is 2. The topological polar surface area (TPSA) is 49.4 Å². The van der Waals surface area contributed by atoms with E-state index < -0.39 is 35.6 Å². The third kappa shape index (κ3) is 2.27. The van der Waals surface area contributed by atoms with Crippen molar-refractivity contribution in [3.8, 4) is 0 Å². The smallest absolute Gasteiger partial charge is 0.340 e. The summed E-state index contributed by atoms with van der Waals surface area (Å²) < 4.78 is 38.3. The lowest BCUT2D eigenvalue weighted by Crippen LogP contribution is -2.75. The average Bonchev–Trinajstić information content (AvgIpc) is 2.81. The van der Waals surface area contributed by atoms with E-state index >= 15 is 0 Å². The molecule has 1 atom stereocenters. The van der Waals surface area contributed by atoms with Gasteiger partial charge in [-0.1, -0.05) is 19.8 Å². The summed E-state index contributed by atoms with van der Waals surface area (Å²) in [7, 11) is 0. The van der Waals surface area contributed by atoms with Gasteiger partial charge in [0, 0.05) is 0 Å². The molecular formula is C13H19F3N2O2. The van der Waals surface area contributed by atoms with Gasteiger partial charge < -0.3 is 10.2 Å². The standard InChI is InChI=1S/C13H19F3N2O2/c1-3-11(2)9(19)17-12(6-4-5-7-12)10(20)18(11)8-13(14,15)16/h3-8H2,1-2H3,(H,17,19). The van der Waals surface area contributed by atoms with Crippen molar-refractivity contribution < 1.29 is 22.8 Å². The second-order valence-corrected chi connectivity index (χ2v) is 5.88. The molecule has 2 fully saturated rings. The quantitative estimate of drug-likeness (QED) is 0.846. The molecule has 1 saturated carbocycles. The van der Waals surface area contributed by atoms with Crippen molar-refractivity contribution in [1.29, 1.82) is 0 Å². The minimum Gasteiger partial charge on any atom is -0.340 e. The summed E-state index contributed by atoms with van der Waals surface area (Å²) in [6.45, 7) is 1.64. The number of carbonyl (C=O) groups excluding carboxylic acids is 2. The lowest BCUT2D eigenvalue weighted by Gasteiger charge is -2.50. The van der Waals surface area contributed by atoms with E-state index in [1.807, 2.05) is 0 Å². The second kappa shape index (κ2) is 4.63. The molecule has 1 saturated heterocycles. The molecule has 2 amide bonds. The van der Waals surface area contributed by atoms with Crippen molar-refractivity contribution in [3.05, 3.63) is 0 Å². The monoisotopic (exact) mass is 292 g/mol. The highest BCUT2D eigenvalue weighted by Gasteiger charge is 2.58. The number of halogens is 3. The first-order valence-electron chi connectivity index (χ1n) is 6.86. The Balaban J connectivity index is 2.39. The zero-order valence-electron chi connectivity index (χ0n) is 11.6. The van der Waals surface area contributed by atoms with E-state index in [2.05, 4.69) is 5.32 Å². The molecule has 1 aliphatic heterocycles. The van der Waals surface area contributed by atoms with Crippen LogP contribution in [0, 0.1) is 0 Å². The molecule has 2 rings (SSSR count). The van der Waals surface area contributed by atoms with E-state index in [0.717, 1.165) is 17.7 Å². The van der Waals surface area contributed by atoms with Crippen molar-refractivity contribution in [1.82, 2.24) is 10.2 Å². The third-order valence-corrected chi connectivity index (χ3v) is 4.58. The van der Waals surface area contributed by atoms with Crippen molar-refractivity contribution in [2.24, 2.45) is 0 Å². The zero-order valence-corrected chi connectivity index (χ0v) is 11.6. The average molecular weight is 292 g/mol. The number of piperazine rings is 1. The Labute approximate surface area is 115 Å². The molecule has 1 spiro atoms. The lowest BCUT2D eigenvalue weighted by atomic mass is 9.83. The number of amides is 2. The number of hydrogen-bond donors (Lipinski definition) is 1. The zero-order chi connectivity index (χ0) is 15.2. The number of nitrogens with zero attached hydrogens (tertiary/aromatic N) is 1. The summed E-state index contributed by atoms with van der Waals surface area (Å²) in [6, 6.07) is 0. The molecule has 0 bridgehead atoms. The molecule has 0 aromatic carbocycles. The Hall–Kier alpha value is -1.27. The minimum atomic E-state index is -4.51. The van der Waals surface area contributed by atoms with Gasteiger partial charge in [-0.05, 0) is 26.2 Å². The molecule has 0 aromatic rings. The molecule has 7 heteroatoms. The van der Waals surface area contributed by atoms with Gasteiger partial charge in [0.25, 0.3) is 0 Å². The first-order chi connectivity index (χ1) is 9.15. The molecule has 1 N–H and O–H groups in total. The first-order valence-corrected chi connectivity index (χ1v) is 6.86. The van der Waals surface area contributed by atoms with Gasteiger partial charge >= 0.3 is 6.18 Å². The predicted octanol–water partition coefficient (Wildman–Crippen LogP) is 1.99.